The van der Waals surface area contributed by atoms with Gasteiger partial charge in [0.15, 0.2) is 0 Å². The number of ether oxygens (including phenoxy) is 1. The van der Waals surface area contributed by atoms with Crippen molar-refractivity contribution in [3.8, 4) is 5.75 Å². The fourth-order valence-electron chi connectivity index (χ4n) is 1.93. The van der Waals surface area contributed by atoms with Gasteiger partial charge >= 0.3 is 0 Å². The molecule has 0 spiro atoms. The van der Waals surface area contributed by atoms with E-state index in [1.807, 2.05) is 42.6 Å². The van der Waals surface area contributed by atoms with Crippen LogP contribution in [-0.2, 0) is 6.42 Å². The van der Waals surface area contributed by atoms with Gasteiger partial charge in [0.05, 0.1) is 12.8 Å². The summed E-state index contributed by atoms with van der Waals surface area (Å²) >= 11 is 0. The third kappa shape index (κ3) is 3.31. The van der Waals surface area contributed by atoms with E-state index in [9.17, 15) is 5.21 Å². The topological polar surface area (TPSA) is 54.7 Å². The zero-order valence-electron chi connectivity index (χ0n) is 10.8. The molecule has 2 aromatic rings. The third-order valence-corrected chi connectivity index (χ3v) is 2.91. The van der Waals surface area contributed by atoms with Crippen molar-refractivity contribution in [1.82, 2.24) is 4.98 Å². The minimum atomic E-state index is 0.612. The number of oxime groups is 1. The van der Waals surface area contributed by atoms with Crippen LogP contribution in [0.1, 0.15) is 17.5 Å². The van der Waals surface area contributed by atoms with Gasteiger partial charge in [-0.25, -0.2) is 0 Å². The first-order valence-corrected chi connectivity index (χ1v) is 6.08. The molecule has 4 nitrogen and oxygen atoms in total. The third-order valence-electron chi connectivity index (χ3n) is 2.91. The molecule has 0 aliphatic heterocycles. The lowest BCUT2D eigenvalue weighted by Crippen LogP contribution is -2.05. The number of rotatable bonds is 5. The molecule has 0 atom stereocenters. The predicted molar refractivity (Wildman–Crippen MR) is 73.9 cm³/mol. The molecule has 0 saturated heterocycles. The van der Waals surface area contributed by atoms with Crippen molar-refractivity contribution >= 4 is 5.71 Å². The van der Waals surface area contributed by atoms with Crippen LogP contribution < -0.4 is 4.74 Å². The summed E-state index contributed by atoms with van der Waals surface area (Å²) in [6.45, 7) is 0. The Balaban J connectivity index is 2.13. The number of aryl methyl sites for hydroxylation is 1. The van der Waals surface area contributed by atoms with Crippen LogP contribution >= 0.6 is 0 Å². The first kappa shape index (κ1) is 13.1. The number of nitrogens with zero attached hydrogens (tertiary/aromatic N) is 2. The normalized spacial score (nSPS) is 11.3. The summed E-state index contributed by atoms with van der Waals surface area (Å²) in [5.41, 5.74) is 2.54. The molecule has 0 aliphatic carbocycles. The number of aromatic nitrogens is 1. The fourth-order valence-corrected chi connectivity index (χ4v) is 1.93. The summed E-state index contributed by atoms with van der Waals surface area (Å²) in [6.07, 6.45) is 4.95. The van der Waals surface area contributed by atoms with Crippen LogP contribution in [0.2, 0.25) is 0 Å². The molecule has 1 heterocycles. The largest absolute Gasteiger partial charge is 0.496 e. The van der Waals surface area contributed by atoms with Crippen molar-refractivity contribution in [2.75, 3.05) is 7.11 Å². The molecular formula is C15H16N2O2. The van der Waals surface area contributed by atoms with Crippen LogP contribution in [0.15, 0.2) is 53.9 Å². The van der Waals surface area contributed by atoms with Crippen LogP contribution in [0.5, 0.6) is 5.75 Å². The van der Waals surface area contributed by atoms with Crippen LogP contribution in [0.4, 0.5) is 0 Å². The van der Waals surface area contributed by atoms with Gasteiger partial charge in [0.2, 0.25) is 0 Å². The second kappa shape index (κ2) is 6.54. The highest BCUT2D eigenvalue weighted by Crippen LogP contribution is 2.20. The summed E-state index contributed by atoms with van der Waals surface area (Å²) in [6, 6.07) is 11.4. The number of hydrogen-bond donors (Lipinski definition) is 1. The van der Waals surface area contributed by atoms with Crippen molar-refractivity contribution in [3.63, 3.8) is 0 Å². The Kier molecular flexibility index (Phi) is 4.50. The Morgan fingerprint density at radius 1 is 1.26 bits per heavy atom. The molecule has 19 heavy (non-hydrogen) atoms. The lowest BCUT2D eigenvalue weighted by molar-refractivity contribution is 0.317. The average molecular weight is 256 g/mol. The monoisotopic (exact) mass is 256 g/mol. The molecule has 2 rings (SSSR count). The number of hydrogen-bond acceptors (Lipinski definition) is 4. The van der Waals surface area contributed by atoms with Gasteiger partial charge in [0, 0.05) is 18.0 Å². The maximum atomic E-state index is 9.19. The molecule has 1 aromatic carbocycles. The van der Waals surface area contributed by atoms with Gasteiger partial charge in [0.25, 0.3) is 0 Å². The predicted octanol–water partition coefficient (Wildman–Crippen LogP) is 2.90. The van der Waals surface area contributed by atoms with Gasteiger partial charge in [-0.2, -0.15) is 0 Å². The Bertz CT molecular complexity index is 553. The van der Waals surface area contributed by atoms with Crippen molar-refractivity contribution in [2.24, 2.45) is 5.16 Å². The summed E-state index contributed by atoms with van der Waals surface area (Å²) < 4.78 is 5.28. The Hall–Kier alpha value is -2.36. The van der Waals surface area contributed by atoms with Gasteiger partial charge in [-0.3, -0.25) is 4.98 Å². The standard InChI is InChI=1S/C15H16N2O2/c1-19-15-7-3-2-6-13(15)14(17-18)9-8-12-5-4-10-16-11-12/h2-7,10-11,18H,8-9H2,1H3. The molecule has 0 amide bonds. The number of benzene rings is 1. The molecule has 0 bridgehead atoms. The first-order chi connectivity index (χ1) is 9.35. The van der Waals surface area contributed by atoms with Gasteiger partial charge in [-0.05, 0) is 36.6 Å². The first-order valence-electron chi connectivity index (χ1n) is 6.08. The number of methoxy groups -OCH3 is 1. The SMILES string of the molecule is COc1ccccc1C(CCc1cccnc1)=NO. The molecule has 0 saturated carbocycles. The summed E-state index contributed by atoms with van der Waals surface area (Å²) in [5.74, 6) is 0.710. The van der Waals surface area contributed by atoms with E-state index in [1.54, 1.807) is 13.3 Å². The van der Waals surface area contributed by atoms with E-state index in [0.29, 0.717) is 17.9 Å². The summed E-state index contributed by atoms with van der Waals surface area (Å²) in [4.78, 5) is 4.07. The van der Waals surface area contributed by atoms with E-state index in [-0.39, 0.29) is 0 Å². The van der Waals surface area contributed by atoms with E-state index in [4.69, 9.17) is 4.74 Å². The second-order valence-corrected chi connectivity index (χ2v) is 4.11. The second-order valence-electron chi connectivity index (χ2n) is 4.11. The smallest absolute Gasteiger partial charge is 0.128 e. The van der Waals surface area contributed by atoms with Crippen molar-refractivity contribution in [1.29, 1.82) is 0 Å². The Morgan fingerprint density at radius 2 is 2.11 bits per heavy atom. The highest BCUT2D eigenvalue weighted by atomic mass is 16.5. The lowest BCUT2D eigenvalue weighted by atomic mass is 10.0. The van der Waals surface area contributed by atoms with E-state index < -0.39 is 0 Å². The molecule has 0 radical (unpaired) electrons. The molecule has 98 valence electrons. The van der Waals surface area contributed by atoms with Gasteiger partial charge < -0.3 is 9.94 Å². The minimum absolute atomic E-state index is 0.612. The summed E-state index contributed by atoms with van der Waals surface area (Å²) in [7, 11) is 1.61. The quantitative estimate of drug-likeness (QED) is 0.508. The highest BCUT2D eigenvalue weighted by Gasteiger charge is 2.10. The van der Waals surface area contributed by atoms with Crippen LogP contribution in [-0.4, -0.2) is 23.0 Å². The van der Waals surface area contributed by atoms with E-state index in [0.717, 1.165) is 17.5 Å². The van der Waals surface area contributed by atoms with Crippen molar-refractivity contribution in [2.45, 2.75) is 12.8 Å². The van der Waals surface area contributed by atoms with E-state index >= 15 is 0 Å². The van der Waals surface area contributed by atoms with Gasteiger partial charge in [-0.1, -0.05) is 23.4 Å². The van der Waals surface area contributed by atoms with Crippen molar-refractivity contribution < 1.29 is 9.94 Å². The fraction of sp³-hybridized carbons (Fsp3) is 0.200. The highest BCUT2D eigenvalue weighted by molar-refractivity contribution is 6.02. The zero-order chi connectivity index (χ0) is 13.5. The number of pyridine rings is 1. The molecule has 0 aliphatic rings. The molecular weight excluding hydrogens is 240 g/mol. The van der Waals surface area contributed by atoms with Crippen molar-refractivity contribution in [3.05, 3.63) is 59.9 Å². The summed E-state index contributed by atoms with van der Waals surface area (Å²) in [5, 5.41) is 12.6. The molecule has 0 fully saturated rings. The number of para-hydroxylation sites is 1. The molecule has 1 N–H and O–H groups in total. The Labute approximate surface area is 112 Å². The average Bonchev–Trinajstić information content (AvgIpc) is 2.49. The van der Waals surface area contributed by atoms with Crippen LogP contribution in [0.25, 0.3) is 0 Å². The van der Waals surface area contributed by atoms with E-state index in [1.165, 1.54) is 0 Å². The lowest BCUT2D eigenvalue weighted by Gasteiger charge is -2.09. The zero-order valence-corrected chi connectivity index (χ0v) is 10.8. The van der Waals surface area contributed by atoms with Crippen LogP contribution in [0.3, 0.4) is 0 Å². The minimum Gasteiger partial charge on any atom is -0.496 e. The molecule has 4 heteroatoms. The maximum Gasteiger partial charge on any atom is 0.128 e. The maximum absolute atomic E-state index is 9.19. The molecule has 0 unspecified atom stereocenters. The molecule has 1 aromatic heterocycles. The van der Waals surface area contributed by atoms with Crippen LogP contribution in [0, 0.1) is 0 Å². The Morgan fingerprint density at radius 3 is 2.79 bits per heavy atom. The van der Waals surface area contributed by atoms with E-state index in [2.05, 4.69) is 10.1 Å². The van der Waals surface area contributed by atoms with Gasteiger partial charge in [-0.15, -0.1) is 0 Å². The van der Waals surface area contributed by atoms with Gasteiger partial charge in [0.1, 0.15) is 5.75 Å².